The summed E-state index contributed by atoms with van der Waals surface area (Å²) in [5.74, 6) is 0.693. The first kappa shape index (κ1) is 20.2. The minimum absolute atomic E-state index is 0.00776. The molecule has 1 atom stereocenters. The Bertz CT molecular complexity index is 844. The Balaban J connectivity index is 1.58. The molecule has 2 aromatic heterocycles. The van der Waals surface area contributed by atoms with E-state index in [4.69, 9.17) is 9.15 Å². The number of nitrogens with one attached hydrogen (secondary N) is 1. The van der Waals surface area contributed by atoms with Gasteiger partial charge in [0.2, 0.25) is 0 Å². The molecule has 5 nitrogen and oxygen atoms in total. The lowest BCUT2D eigenvalue weighted by molar-refractivity contribution is -0.124. The highest BCUT2D eigenvalue weighted by molar-refractivity contribution is 7.10. The topological polar surface area (TPSA) is 71.7 Å². The normalized spacial score (nSPS) is 13.7. The van der Waals surface area contributed by atoms with E-state index in [9.17, 15) is 9.90 Å². The third-order valence-electron chi connectivity index (χ3n) is 4.49. The average molecular weight is 400 g/mol. The zero-order valence-corrected chi connectivity index (χ0v) is 17.1. The molecule has 3 aromatic rings. The molecule has 0 radical (unpaired) electrons. The number of benzene rings is 1. The number of hydrogen-bond acceptors (Lipinski definition) is 5. The van der Waals surface area contributed by atoms with Gasteiger partial charge in [-0.1, -0.05) is 39.0 Å². The van der Waals surface area contributed by atoms with Gasteiger partial charge in [-0.15, -0.1) is 11.3 Å². The van der Waals surface area contributed by atoms with Gasteiger partial charge < -0.3 is 19.6 Å². The number of ether oxygens (including phenoxy) is 1. The van der Waals surface area contributed by atoms with E-state index < -0.39 is 5.60 Å². The molecule has 28 heavy (non-hydrogen) atoms. The standard InChI is InChI=1S/C22H25NO4S/c1-21(2,3)16-8-10-17(11-9-16)27-14-20(24)23-15-22(25,18-6-4-12-26-18)19-7-5-13-28-19/h4-13,25H,14-15H2,1-3H3,(H,23,24). The van der Waals surface area contributed by atoms with Crippen LogP contribution in [-0.2, 0) is 15.8 Å². The van der Waals surface area contributed by atoms with Gasteiger partial charge in [-0.3, -0.25) is 4.79 Å². The van der Waals surface area contributed by atoms with Gasteiger partial charge in [0.05, 0.1) is 12.8 Å². The summed E-state index contributed by atoms with van der Waals surface area (Å²) in [7, 11) is 0. The molecule has 0 aliphatic carbocycles. The van der Waals surface area contributed by atoms with Crippen LogP contribution in [0.15, 0.2) is 64.6 Å². The minimum atomic E-state index is -1.41. The summed E-state index contributed by atoms with van der Waals surface area (Å²) in [6.45, 7) is 6.29. The number of thiophene rings is 1. The predicted octanol–water partition coefficient (Wildman–Crippen LogP) is 4.07. The molecule has 0 fully saturated rings. The maximum atomic E-state index is 12.3. The maximum Gasteiger partial charge on any atom is 0.258 e. The van der Waals surface area contributed by atoms with E-state index in [0.29, 0.717) is 16.4 Å². The fourth-order valence-corrected chi connectivity index (χ4v) is 3.63. The molecule has 1 aromatic carbocycles. The summed E-state index contributed by atoms with van der Waals surface area (Å²) in [4.78, 5) is 12.9. The lowest BCUT2D eigenvalue weighted by Crippen LogP contribution is -2.42. The van der Waals surface area contributed by atoms with Crippen molar-refractivity contribution in [2.24, 2.45) is 0 Å². The number of hydrogen-bond donors (Lipinski definition) is 2. The zero-order valence-electron chi connectivity index (χ0n) is 16.3. The molecule has 3 rings (SSSR count). The highest BCUT2D eigenvalue weighted by atomic mass is 32.1. The quantitative estimate of drug-likeness (QED) is 0.628. The Morgan fingerprint density at radius 3 is 2.46 bits per heavy atom. The molecular formula is C22H25NO4S. The molecule has 0 aliphatic rings. The Morgan fingerprint density at radius 2 is 1.89 bits per heavy atom. The van der Waals surface area contributed by atoms with E-state index in [-0.39, 0.29) is 24.5 Å². The van der Waals surface area contributed by atoms with Crippen LogP contribution >= 0.6 is 11.3 Å². The Morgan fingerprint density at radius 1 is 1.14 bits per heavy atom. The Hall–Kier alpha value is -2.57. The van der Waals surface area contributed by atoms with Crippen LogP contribution in [0.4, 0.5) is 0 Å². The SMILES string of the molecule is CC(C)(C)c1ccc(OCC(=O)NCC(O)(c2ccco2)c2cccs2)cc1. The Labute approximate surface area is 169 Å². The van der Waals surface area contributed by atoms with Gasteiger partial charge in [0, 0.05) is 4.88 Å². The summed E-state index contributed by atoms with van der Waals surface area (Å²) in [6, 6.07) is 14.8. The molecule has 0 aliphatic heterocycles. The summed E-state index contributed by atoms with van der Waals surface area (Å²) >= 11 is 1.40. The highest BCUT2D eigenvalue weighted by Crippen LogP contribution is 2.32. The number of aliphatic hydroxyl groups is 1. The van der Waals surface area contributed by atoms with E-state index >= 15 is 0 Å². The maximum absolute atomic E-state index is 12.3. The van der Waals surface area contributed by atoms with Crippen LogP contribution < -0.4 is 10.1 Å². The van der Waals surface area contributed by atoms with Gasteiger partial charge in [0.25, 0.3) is 5.91 Å². The fourth-order valence-electron chi connectivity index (χ4n) is 2.80. The number of amides is 1. The third kappa shape index (κ3) is 4.64. The smallest absolute Gasteiger partial charge is 0.258 e. The van der Waals surface area contributed by atoms with Gasteiger partial charge >= 0.3 is 0 Å². The molecule has 0 bridgehead atoms. The third-order valence-corrected chi connectivity index (χ3v) is 5.51. The lowest BCUT2D eigenvalue weighted by atomic mass is 9.87. The summed E-state index contributed by atoms with van der Waals surface area (Å²) in [5, 5.41) is 15.7. The van der Waals surface area contributed by atoms with E-state index in [0.717, 1.165) is 0 Å². The van der Waals surface area contributed by atoms with Crippen molar-refractivity contribution in [1.29, 1.82) is 0 Å². The predicted molar refractivity (Wildman–Crippen MR) is 110 cm³/mol. The van der Waals surface area contributed by atoms with Crippen LogP contribution in [-0.4, -0.2) is 24.2 Å². The van der Waals surface area contributed by atoms with Crippen LogP contribution in [0.2, 0.25) is 0 Å². The van der Waals surface area contributed by atoms with Gasteiger partial charge in [-0.05, 0) is 46.7 Å². The molecular weight excluding hydrogens is 374 g/mol. The summed E-state index contributed by atoms with van der Waals surface area (Å²) in [6.07, 6.45) is 1.50. The zero-order chi connectivity index (χ0) is 20.2. The van der Waals surface area contributed by atoms with E-state index in [1.807, 2.05) is 41.8 Å². The van der Waals surface area contributed by atoms with Crippen molar-refractivity contribution >= 4 is 17.2 Å². The van der Waals surface area contributed by atoms with Crippen LogP contribution in [0.5, 0.6) is 5.75 Å². The van der Waals surface area contributed by atoms with Crippen molar-refractivity contribution in [2.75, 3.05) is 13.2 Å². The minimum Gasteiger partial charge on any atom is -0.484 e. The number of rotatable bonds is 7. The van der Waals surface area contributed by atoms with Crippen LogP contribution in [0, 0.1) is 0 Å². The first-order valence-electron chi connectivity index (χ1n) is 9.09. The molecule has 0 saturated heterocycles. The molecule has 148 valence electrons. The average Bonchev–Trinajstić information content (AvgIpc) is 3.38. The molecule has 0 saturated carbocycles. The highest BCUT2D eigenvalue weighted by Gasteiger charge is 2.36. The summed E-state index contributed by atoms with van der Waals surface area (Å²) < 4.78 is 11.0. The van der Waals surface area contributed by atoms with Gasteiger partial charge in [0.15, 0.2) is 12.2 Å². The van der Waals surface area contributed by atoms with Crippen molar-refractivity contribution in [2.45, 2.75) is 31.8 Å². The lowest BCUT2D eigenvalue weighted by Gasteiger charge is -2.25. The molecule has 2 heterocycles. The van der Waals surface area contributed by atoms with E-state index in [1.54, 1.807) is 12.1 Å². The van der Waals surface area contributed by atoms with Crippen LogP contribution in [0.1, 0.15) is 37.0 Å². The molecule has 0 spiro atoms. The van der Waals surface area contributed by atoms with E-state index in [1.165, 1.54) is 23.2 Å². The molecule has 2 N–H and O–H groups in total. The monoisotopic (exact) mass is 399 g/mol. The number of carbonyl (C=O) groups is 1. The van der Waals surface area contributed by atoms with Crippen LogP contribution in [0.25, 0.3) is 0 Å². The molecule has 1 unspecified atom stereocenters. The largest absolute Gasteiger partial charge is 0.484 e. The second kappa shape index (κ2) is 8.20. The molecule has 1 amide bonds. The summed E-state index contributed by atoms with van der Waals surface area (Å²) in [5.41, 5.74) is -0.154. The fraction of sp³-hybridized carbons (Fsp3) is 0.318. The van der Waals surface area contributed by atoms with Crippen molar-refractivity contribution in [1.82, 2.24) is 5.32 Å². The van der Waals surface area contributed by atoms with Crippen LogP contribution in [0.3, 0.4) is 0 Å². The van der Waals surface area contributed by atoms with Gasteiger partial charge in [-0.2, -0.15) is 0 Å². The van der Waals surface area contributed by atoms with Crippen molar-refractivity contribution in [3.63, 3.8) is 0 Å². The second-order valence-corrected chi connectivity index (χ2v) is 8.60. The number of carbonyl (C=O) groups excluding carboxylic acids is 1. The van der Waals surface area contributed by atoms with Gasteiger partial charge in [0.1, 0.15) is 11.5 Å². The first-order valence-corrected chi connectivity index (χ1v) is 9.97. The molecule has 6 heteroatoms. The second-order valence-electron chi connectivity index (χ2n) is 7.65. The van der Waals surface area contributed by atoms with Crippen molar-refractivity contribution in [3.05, 3.63) is 76.4 Å². The van der Waals surface area contributed by atoms with E-state index in [2.05, 4.69) is 26.1 Å². The van der Waals surface area contributed by atoms with Gasteiger partial charge in [-0.25, -0.2) is 0 Å². The van der Waals surface area contributed by atoms with Crippen molar-refractivity contribution in [3.8, 4) is 5.75 Å². The Kier molecular flexibility index (Phi) is 5.91. The van der Waals surface area contributed by atoms with Crippen molar-refractivity contribution < 1.29 is 19.1 Å². The first-order chi connectivity index (χ1) is 13.3. The number of furan rings is 1.